The van der Waals surface area contributed by atoms with Crippen molar-refractivity contribution >= 4 is 17.6 Å². The number of aliphatic hydroxyl groups is 1. The van der Waals surface area contributed by atoms with Gasteiger partial charge in [-0.2, -0.15) is 0 Å². The van der Waals surface area contributed by atoms with E-state index in [2.05, 4.69) is 5.32 Å². The Morgan fingerprint density at radius 3 is 2.22 bits per heavy atom. The Kier molecular flexibility index (Phi) is 5.49. The standard InChI is InChI=1S/C18H19NO4/c1-12(20)6-7-13-8-10-14(11-9-13)19-17(21)15-4-2-3-5-16(15)18(22)23/h2-5,8-12,20H,6-7H2,1H3,(H,19,21)(H,22,23). The zero-order valence-corrected chi connectivity index (χ0v) is 12.8. The average molecular weight is 313 g/mol. The van der Waals surface area contributed by atoms with Crippen LogP contribution >= 0.6 is 0 Å². The van der Waals surface area contributed by atoms with E-state index in [0.29, 0.717) is 12.1 Å². The van der Waals surface area contributed by atoms with Crippen LogP contribution in [0.2, 0.25) is 0 Å². The van der Waals surface area contributed by atoms with Crippen molar-refractivity contribution in [1.82, 2.24) is 0 Å². The van der Waals surface area contributed by atoms with Gasteiger partial charge in [0.1, 0.15) is 0 Å². The van der Waals surface area contributed by atoms with Gasteiger partial charge in [-0.1, -0.05) is 24.3 Å². The number of aryl methyl sites for hydroxylation is 1. The fourth-order valence-electron chi connectivity index (χ4n) is 2.20. The molecule has 0 saturated heterocycles. The number of carbonyl (C=O) groups is 2. The first kappa shape index (κ1) is 16.7. The van der Waals surface area contributed by atoms with Crippen LogP contribution in [0.4, 0.5) is 5.69 Å². The Morgan fingerprint density at radius 1 is 1.04 bits per heavy atom. The number of carboxylic acid groups (broad SMARTS) is 1. The molecule has 1 amide bonds. The molecule has 1 atom stereocenters. The summed E-state index contributed by atoms with van der Waals surface area (Å²) in [6.45, 7) is 1.74. The molecule has 120 valence electrons. The molecule has 0 aliphatic rings. The van der Waals surface area contributed by atoms with Crippen LogP contribution in [-0.4, -0.2) is 28.2 Å². The van der Waals surface area contributed by atoms with Crippen molar-refractivity contribution in [2.24, 2.45) is 0 Å². The summed E-state index contributed by atoms with van der Waals surface area (Å²) in [5.41, 5.74) is 1.75. The molecule has 0 spiro atoms. The van der Waals surface area contributed by atoms with Crippen LogP contribution < -0.4 is 5.32 Å². The van der Waals surface area contributed by atoms with Crippen molar-refractivity contribution in [3.63, 3.8) is 0 Å². The fourth-order valence-corrected chi connectivity index (χ4v) is 2.20. The summed E-state index contributed by atoms with van der Waals surface area (Å²) in [6, 6.07) is 13.4. The van der Waals surface area contributed by atoms with Crippen molar-refractivity contribution in [2.75, 3.05) is 5.32 Å². The zero-order valence-electron chi connectivity index (χ0n) is 12.8. The molecule has 0 saturated carbocycles. The lowest BCUT2D eigenvalue weighted by molar-refractivity contribution is 0.0692. The van der Waals surface area contributed by atoms with Crippen LogP contribution in [0.25, 0.3) is 0 Å². The number of aliphatic hydroxyl groups excluding tert-OH is 1. The van der Waals surface area contributed by atoms with Gasteiger partial charge in [0.15, 0.2) is 0 Å². The minimum atomic E-state index is -1.13. The first-order chi connectivity index (χ1) is 11.0. The summed E-state index contributed by atoms with van der Waals surface area (Å²) in [5.74, 6) is -1.59. The van der Waals surface area contributed by atoms with Gasteiger partial charge in [-0.25, -0.2) is 4.79 Å². The number of benzene rings is 2. The smallest absolute Gasteiger partial charge is 0.336 e. The first-order valence-electron chi connectivity index (χ1n) is 7.38. The summed E-state index contributed by atoms with van der Waals surface area (Å²) in [4.78, 5) is 23.4. The van der Waals surface area contributed by atoms with Crippen LogP contribution in [-0.2, 0) is 6.42 Å². The van der Waals surface area contributed by atoms with Gasteiger partial charge >= 0.3 is 5.97 Å². The molecule has 0 radical (unpaired) electrons. The summed E-state index contributed by atoms with van der Waals surface area (Å²) >= 11 is 0. The summed E-state index contributed by atoms with van der Waals surface area (Å²) < 4.78 is 0. The molecule has 3 N–H and O–H groups in total. The van der Waals surface area contributed by atoms with Gasteiger partial charge in [0.25, 0.3) is 5.91 Å². The predicted molar refractivity (Wildman–Crippen MR) is 87.8 cm³/mol. The van der Waals surface area contributed by atoms with E-state index >= 15 is 0 Å². The van der Waals surface area contributed by atoms with Crippen molar-refractivity contribution in [2.45, 2.75) is 25.9 Å². The minimum Gasteiger partial charge on any atom is -0.478 e. The molecular weight excluding hydrogens is 294 g/mol. The molecule has 0 aromatic heterocycles. The summed E-state index contributed by atoms with van der Waals surface area (Å²) in [5, 5.41) is 21.1. The maximum absolute atomic E-state index is 12.2. The Bertz CT molecular complexity index is 692. The van der Waals surface area contributed by atoms with E-state index in [0.717, 1.165) is 12.0 Å². The maximum atomic E-state index is 12.2. The number of carbonyl (C=O) groups excluding carboxylic acids is 1. The average Bonchev–Trinajstić information content (AvgIpc) is 2.54. The van der Waals surface area contributed by atoms with Gasteiger partial charge in [0.2, 0.25) is 0 Å². The van der Waals surface area contributed by atoms with Crippen LogP contribution in [0, 0.1) is 0 Å². The van der Waals surface area contributed by atoms with E-state index in [-0.39, 0.29) is 17.2 Å². The minimum absolute atomic E-state index is 0.0291. The van der Waals surface area contributed by atoms with E-state index in [1.807, 2.05) is 12.1 Å². The van der Waals surface area contributed by atoms with Gasteiger partial charge in [-0.05, 0) is 49.6 Å². The van der Waals surface area contributed by atoms with Gasteiger partial charge in [0, 0.05) is 5.69 Å². The van der Waals surface area contributed by atoms with Gasteiger partial charge in [0.05, 0.1) is 17.2 Å². The van der Waals surface area contributed by atoms with Gasteiger partial charge < -0.3 is 15.5 Å². The second-order valence-corrected chi connectivity index (χ2v) is 5.39. The molecule has 5 heteroatoms. The van der Waals surface area contributed by atoms with E-state index in [1.54, 1.807) is 31.2 Å². The lowest BCUT2D eigenvalue weighted by atomic mass is 10.1. The van der Waals surface area contributed by atoms with E-state index in [9.17, 15) is 14.7 Å². The van der Waals surface area contributed by atoms with Gasteiger partial charge in [-0.3, -0.25) is 4.79 Å². The highest BCUT2D eigenvalue weighted by molar-refractivity contribution is 6.10. The Labute approximate surface area is 134 Å². The van der Waals surface area contributed by atoms with Crippen molar-refractivity contribution in [3.05, 3.63) is 65.2 Å². The van der Waals surface area contributed by atoms with Crippen LogP contribution in [0.3, 0.4) is 0 Å². The third-order valence-electron chi connectivity index (χ3n) is 3.46. The van der Waals surface area contributed by atoms with E-state index in [1.165, 1.54) is 12.1 Å². The zero-order chi connectivity index (χ0) is 16.8. The third-order valence-corrected chi connectivity index (χ3v) is 3.46. The molecule has 0 aliphatic carbocycles. The molecule has 23 heavy (non-hydrogen) atoms. The number of nitrogens with one attached hydrogen (secondary N) is 1. The SMILES string of the molecule is CC(O)CCc1ccc(NC(=O)c2ccccc2C(=O)O)cc1. The molecule has 0 aliphatic heterocycles. The number of hydrogen-bond acceptors (Lipinski definition) is 3. The number of anilines is 1. The molecular formula is C18H19NO4. The molecule has 2 rings (SSSR count). The van der Waals surface area contributed by atoms with Crippen LogP contribution in [0.1, 0.15) is 39.6 Å². The van der Waals surface area contributed by atoms with Crippen molar-refractivity contribution in [3.8, 4) is 0 Å². The summed E-state index contributed by atoms with van der Waals surface area (Å²) in [7, 11) is 0. The van der Waals surface area contributed by atoms with E-state index in [4.69, 9.17) is 5.11 Å². The largest absolute Gasteiger partial charge is 0.478 e. The first-order valence-corrected chi connectivity index (χ1v) is 7.38. The molecule has 2 aromatic rings. The summed E-state index contributed by atoms with van der Waals surface area (Å²) in [6.07, 6.45) is 1.09. The lowest BCUT2D eigenvalue weighted by Crippen LogP contribution is -2.16. The number of rotatable bonds is 6. The topological polar surface area (TPSA) is 86.6 Å². The predicted octanol–water partition coefficient (Wildman–Crippen LogP) is 2.95. The number of amides is 1. The van der Waals surface area contributed by atoms with Crippen LogP contribution in [0.15, 0.2) is 48.5 Å². The second kappa shape index (κ2) is 7.56. The third kappa shape index (κ3) is 4.66. The molecule has 1 unspecified atom stereocenters. The normalized spacial score (nSPS) is 11.7. The number of hydrogen-bond donors (Lipinski definition) is 3. The van der Waals surface area contributed by atoms with E-state index < -0.39 is 11.9 Å². The van der Waals surface area contributed by atoms with Crippen molar-refractivity contribution in [1.29, 1.82) is 0 Å². The quantitative estimate of drug-likeness (QED) is 0.765. The molecule has 5 nitrogen and oxygen atoms in total. The highest BCUT2D eigenvalue weighted by Gasteiger charge is 2.15. The number of aromatic carboxylic acids is 1. The Morgan fingerprint density at radius 2 is 1.65 bits per heavy atom. The monoisotopic (exact) mass is 313 g/mol. The molecule has 2 aromatic carbocycles. The maximum Gasteiger partial charge on any atom is 0.336 e. The van der Waals surface area contributed by atoms with Crippen molar-refractivity contribution < 1.29 is 19.8 Å². The van der Waals surface area contributed by atoms with Crippen LogP contribution in [0.5, 0.6) is 0 Å². The highest BCUT2D eigenvalue weighted by atomic mass is 16.4. The lowest BCUT2D eigenvalue weighted by Gasteiger charge is -2.09. The molecule has 0 fully saturated rings. The number of carboxylic acids is 1. The van der Waals surface area contributed by atoms with Gasteiger partial charge in [-0.15, -0.1) is 0 Å². The molecule has 0 bridgehead atoms. The highest BCUT2D eigenvalue weighted by Crippen LogP contribution is 2.15. The Hall–Kier alpha value is -2.66. The fraction of sp³-hybridized carbons (Fsp3) is 0.222. The molecule has 0 heterocycles. The second-order valence-electron chi connectivity index (χ2n) is 5.39. The Balaban J connectivity index is 2.07.